The van der Waals surface area contributed by atoms with Gasteiger partial charge in [-0.05, 0) is 34.9 Å². The van der Waals surface area contributed by atoms with Crippen molar-refractivity contribution in [3.63, 3.8) is 0 Å². The number of benzene rings is 2. The van der Waals surface area contributed by atoms with Crippen LogP contribution in [-0.4, -0.2) is 65.8 Å². The van der Waals surface area contributed by atoms with Gasteiger partial charge in [-0.2, -0.15) is 0 Å². The van der Waals surface area contributed by atoms with Gasteiger partial charge in [0.2, 0.25) is 5.95 Å². The maximum absolute atomic E-state index is 11.7. The molecule has 1 saturated heterocycles. The van der Waals surface area contributed by atoms with Gasteiger partial charge in [-0.25, -0.2) is 14.8 Å². The van der Waals surface area contributed by atoms with Gasteiger partial charge in [0.15, 0.2) is 0 Å². The lowest BCUT2D eigenvalue weighted by molar-refractivity contribution is 0.0342. The Morgan fingerprint density at radius 2 is 1.86 bits per heavy atom. The number of hydrogen-bond donors (Lipinski definition) is 1. The first-order valence-corrected chi connectivity index (χ1v) is 12.4. The van der Waals surface area contributed by atoms with Crippen molar-refractivity contribution in [2.24, 2.45) is 0 Å². The zero-order valence-corrected chi connectivity index (χ0v) is 20.4. The molecule has 4 aromatic rings. The lowest BCUT2D eigenvalue weighted by Crippen LogP contribution is -2.35. The molecular weight excluding hydrogens is 454 g/mol. The number of morpholine rings is 1. The first kappa shape index (κ1) is 22.7. The van der Waals surface area contributed by atoms with Gasteiger partial charge in [0.05, 0.1) is 25.9 Å². The molecule has 1 N–H and O–H groups in total. The van der Waals surface area contributed by atoms with Crippen molar-refractivity contribution < 1.29 is 14.3 Å². The standard InChI is InChI=1S/C28H29N5O3/c1-35-27(34)22-15-29-28(30-16-22)33-8-7-26-24(18-33)23-14-21(5-6-25(23)31-26)20-4-2-3-19(13-20)17-32-9-11-36-12-10-32/h2-6,13-16,31H,7-12,17-18H2,1H3. The molecule has 8 nitrogen and oxygen atoms in total. The fourth-order valence-electron chi connectivity index (χ4n) is 5.14. The smallest absolute Gasteiger partial charge is 0.341 e. The van der Waals surface area contributed by atoms with Crippen molar-refractivity contribution in [3.05, 3.63) is 77.2 Å². The van der Waals surface area contributed by atoms with Gasteiger partial charge in [-0.3, -0.25) is 4.90 Å². The fourth-order valence-corrected chi connectivity index (χ4v) is 5.14. The second-order valence-electron chi connectivity index (χ2n) is 9.37. The molecule has 184 valence electrons. The number of aromatic amines is 1. The number of carbonyl (C=O) groups excluding carboxylic acids is 1. The lowest BCUT2D eigenvalue weighted by Gasteiger charge is -2.27. The van der Waals surface area contributed by atoms with Gasteiger partial charge in [0.25, 0.3) is 0 Å². The van der Waals surface area contributed by atoms with Crippen molar-refractivity contribution in [2.75, 3.05) is 44.9 Å². The van der Waals surface area contributed by atoms with E-state index in [9.17, 15) is 4.79 Å². The third-order valence-electron chi connectivity index (χ3n) is 7.09. The molecule has 0 aliphatic carbocycles. The first-order valence-electron chi connectivity index (χ1n) is 12.4. The Balaban J connectivity index is 1.26. The molecule has 8 heteroatoms. The Labute approximate surface area is 209 Å². The summed E-state index contributed by atoms with van der Waals surface area (Å²) < 4.78 is 10.2. The number of nitrogens with zero attached hydrogens (tertiary/aromatic N) is 4. The van der Waals surface area contributed by atoms with Crippen molar-refractivity contribution in [1.29, 1.82) is 0 Å². The van der Waals surface area contributed by atoms with E-state index >= 15 is 0 Å². The van der Waals surface area contributed by atoms with E-state index in [4.69, 9.17) is 9.47 Å². The molecule has 0 amide bonds. The molecule has 0 bridgehead atoms. The van der Waals surface area contributed by atoms with Crippen LogP contribution in [0.15, 0.2) is 54.9 Å². The number of ether oxygens (including phenoxy) is 2. The molecular formula is C28H29N5O3. The van der Waals surface area contributed by atoms with Crippen LogP contribution in [0.1, 0.15) is 27.2 Å². The maximum atomic E-state index is 11.7. The number of methoxy groups -OCH3 is 1. The predicted octanol–water partition coefficient (Wildman–Crippen LogP) is 3.81. The molecule has 0 spiro atoms. The number of hydrogen-bond acceptors (Lipinski definition) is 7. The van der Waals surface area contributed by atoms with Crippen molar-refractivity contribution in [2.45, 2.75) is 19.5 Å². The van der Waals surface area contributed by atoms with Crippen LogP contribution >= 0.6 is 0 Å². The Kier molecular flexibility index (Phi) is 6.13. The van der Waals surface area contributed by atoms with Gasteiger partial charge in [-0.15, -0.1) is 0 Å². The summed E-state index contributed by atoms with van der Waals surface area (Å²) in [5.41, 5.74) is 7.82. The summed E-state index contributed by atoms with van der Waals surface area (Å²) in [6.45, 7) is 6.07. The summed E-state index contributed by atoms with van der Waals surface area (Å²) in [6, 6.07) is 15.5. The Morgan fingerprint density at radius 3 is 2.67 bits per heavy atom. The third kappa shape index (κ3) is 4.45. The second kappa shape index (κ2) is 9.72. The largest absolute Gasteiger partial charge is 0.465 e. The molecule has 36 heavy (non-hydrogen) atoms. The van der Waals surface area contributed by atoms with Gasteiger partial charge < -0.3 is 19.4 Å². The van der Waals surface area contributed by atoms with E-state index in [0.29, 0.717) is 18.1 Å². The van der Waals surface area contributed by atoms with Crippen LogP contribution in [0.4, 0.5) is 5.95 Å². The lowest BCUT2D eigenvalue weighted by atomic mass is 9.98. The third-order valence-corrected chi connectivity index (χ3v) is 7.09. The van der Waals surface area contributed by atoms with E-state index in [2.05, 4.69) is 67.2 Å². The first-order chi connectivity index (χ1) is 17.7. The molecule has 2 aliphatic rings. The molecule has 0 unspecified atom stereocenters. The van der Waals surface area contributed by atoms with Gasteiger partial charge in [-0.1, -0.05) is 24.3 Å². The maximum Gasteiger partial charge on any atom is 0.341 e. The molecule has 0 saturated carbocycles. The molecule has 6 rings (SSSR count). The number of rotatable bonds is 5. The van der Waals surface area contributed by atoms with Crippen LogP contribution < -0.4 is 4.90 Å². The van der Waals surface area contributed by atoms with E-state index in [1.165, 1.54) is 52.8 Å². The molecule has 4 heterocycles. The van der Waals surface area contributed by atoms with Crippen LogP contribution in [0.5, 0.6) is 0 Å². The average Bonchev–Trinajstić information content (AvgIpc) is 3.30. The molecule has 1 fully saturated rings. The summed E-state index contributed by atoms with van der Waals surface area (Å²) in [4.78, 5) is 28.8. The summed E-state index contributed by atoms with van der Waals surface area (Å²) in [6.07, 6.45) is 3.94. The number of nitrogens with one attached hydrogen (secondary N) is 1. The molecule has 2 aromatic heterocycles. The highest BCUT2D eigenvalue weighted by atomic mass is 16.5. The zero-order chi connectivity index (χ0) is 24.5. The fraction of sp³-hybridized carbons (Fsp3) is 0.321. The van der Waals surface area contributed by atoms with Crippen LogP contribution in [0.3, 0.4) is 0 Å². The van der Waals surface area contributed by atoms with Crippen LogP contribution in [-0.2, 0) is 29.0 Å². The normalized spacial score (nSPS) is 16.2. The summed E-state index contributed by atoms with van der Waals surface area (Å²) in [7, 11) is 1.36. The topological polar surface area (TPSA) is 83.6 Å². The summed E-state index contributed by atoms with van der Waals surface area (Å²) in [5.74, 6) is 0.190. The average molecular weight is 484 g/mol. The Hall–Kier alpha value is -3.75. The van der Waals surface area contributed by atoms with E-state index in [-0.39, 0.29) is 0 Å². The van der Waals surface area contributed by atoms with Gasteiger partial charge in [0.1, 0.15) is 0 Å². The number of esters is 1. The number of H-pyrrole nitrogens is 1. The van der Waals surface area contributed by atoms with Gasteiger partial charge in [0, 0.05) is 73.7 Å². The zero-order valence-electron chi connectivity index (χ0n) is 20.4. The van der Waals surface area contributed by atoms with Crippen LogP contribution in [0.25, 0.3) is 22.0 Å². The number of aromatic nitrogens is 3. The van der Waals surface area contributed by atoms with E-state index in [0.717, 1.165) is 51.3 Å². The SMILES string of the molecule is COC(=O)c1cnc(N2CCc3[nH]c4ccc(-c5cccc(CN6CCOCC6)c5)cc4c3C2)nc1. The number of anilines is 1. The Morgan fingerprint density at radius 1 is 1.06 bits per heavy atom. The highest BCUT2D eigenvalue weighted by molar-refractivity contribution is 5.90. The van der Waals surface area contributed by atoms with E-state index in [1.807, 2.05) is 0 Å². The molecule has 2 aliphatic heterocycles. The van der Waals surface area contributed by atoms with Crippen molar-refractivity contribution >= 4 is 22.8 Å². The van der Waals surface area contributed by atoms with Crippen molar-refractivity contribution in [1.82, 2.24) is 19.9 Å². The Bertz CT molecular complexity index is 1390. The van der Waals surface area contributed by atoms with Crippen LogP contribution in [0.2, 0.25) is 0 Å². The highest BCUT2D eigenvalue weighted by Crippen LogP contribution is 2.32. The van der Waals surface area contributed by atoms with Crippen LogP contribution in [0, 0.1) is 0 Å². The molecule has 0 radical (unpaired) electrons. The molecule has 2 aromatic carbocycles. The molecule has 0 atom stereocenters. The monoisotopic (exact) mass is 483 g/mol. The minimum absolute atomic E-state index is 0.353. The summed E-state index contributed by atoms with van der Waals surface area (Å²) in [5, 5.41) is 1.23. The minimum Gasteiger partial charge on any atom is -0.465 e. The second-order valence-corrected chi connectivity index (χ2v) is 9.37. The highest BCUT2D eigenvalue weighted by Gasteiger charge is 2.23. The summed E-state index contributed by atoms with van der Waals surface area (Å²) >= 11 is 0. The quantitative estimate of drug-likeness (QED) is 0.432. The van der Waals surface area contributed by atoms with Crippen molar-refractivity contribution in [3.8, 4) is 11.1 Å². The van der Waals surface area contributed by atoms with Gasteiger partial charge >= 0.3 is 5.97 Å². The minimum atomic E-state index is -0.430. The van der Waals surface area contributed by atoms with E-state index < -0.39 is 5.97 Å². The van der Waals surface area contributed by atoms with E-state index in [1.54, 1.807) is 0 Å². The predicted molar refractivity (Wildman–Crippen MR) is 138 cm³/mol. The number of fused-ring (bicyclic) bond motifs is 3. The number of carbonyl (C=O) groups is 1.